The fourth-order valence-electron chi connectivity index (χ4n) is 1.28. The van der Waals surface area contributed by atoms with Crippen molar-refractivity contribution in [3.63, 3.8) is 0 Å². The molecule has 84 valence electrons. The zero-order chi connectivity index (χ0) is 11.7. The molecular formula is C11H6Br2ClFS. The monoisotopic (exact) mass is 382 g/mol. The molecule has 0 fully saturated rings. The van der Waals surface area contributed by atoms with E-state index in [1.807, 2.05) is 6.07 Å². The van der Waals surface area contributed by atoms with Crippen LogP contribution in [0, 0.1) is 5.82 Å². The summed E-state index contributed by atoms with van der Waals surface area (Å²) < 4.78 is 13.7. The van der Waals surface area contributed by atoms with Crippen LogP contribution < -0.4 is 0 Å². The van der Waals surface area contributed by atoms with E-state index in [9.17, 15) is 4.39 Å². The second kappa shape index (κ2) is 5.17. The van der Waals surface area contributed by atoms with Gasteiger partial charge in [-0.1, -0.05) is 39.7 Å². The number of halogens is 4. The van der Waals surface area contributed by atoms with E-state index in [1.54, 1.807) is 23.5 Å². The van der Waals surface area contributed by atoms with Crippen molar-refractivity contribution in [3.8, 4) is 0 Å². The molecule has 1 atom stereocenters. The van der Waals surface area contributed by atoms with Gasteiger partial charge in [0.25, 0.3) is 0 Å². The van der Waals surface area contributed by atoms with Crippen molar-refractivity contribution in [3.05, 3.63) is 55.4 Å². The van der Waals surface area contributed by atoms with Crippen molar-refractivity contribution in [2.75, 3.05) is 0 Å². The number of thiophene rings is 1. The van der Waals surface area contributed by atoms with Gasteiger partial charge in [0.2, 0.25) is 0 Å². The molecule has 1 aromatic heterocycles. The second-order valence-electron chi connectivity index (χ2n) is 3.18. The molecule has 0 saturated heterocycles. The van der Waals surface area contributed by atoms with Crippen molar-refractivity contribution in [2.45, 2.75) is 4.83 Å². The lowest BCUT2D eigenvalue weighted by atomic mass is 10.1. The highest BCUT2D eigenvalue weighted by atomic mass is 79.9. The average Bonchev–Trinajstić information content (AvgIpc) is 2.59. The Morgan fingerprint density at radius 2 is 1.88 bits per heavy atom. The van der Waals surface area contributed by atoms with Crippen molar-refractivity contribution in [2.24, 2.45) is 0 Å². The van der Waals surface area contributed by atoms with Crippen LogP contribution in [0.3, 0.4) is 0 Å². The molecule has 16 heavy (non-hydrogen) atoms. The summed E-state index contributed by atoms with van der Waals surface area (Å²) in [5.74, 6) is -0.228. The molecule has 5 heteroatoms. The van der Waals surface area contributed by atoms with E-state index in [4.69, 9.17) is 11.6 Å². The van der Waals surface area contributed by atoms with Gasteiger partial charge in [-0.2, -0.15) is 0 Å². The maximum Gasteiger partial charge on any atom is 0.123 e. The largest absolute Gasteiger partial charge is 0.207 e. The van der Waals surface area contributed by atoms with Crippen LogP contribution >= 0.6 is 54.8 Å². The summed E-state index contributed by atoms with van der Waals surface area (Å²) in [7, 11) is 0. The van der Waals surface area contributed by atoms with Crippen LogP contribution in [0.2, 0.25) is 5.02 Å². The van der Waals surface area contributed by atoms with Gasteiger partial charge in [0.05, 0.1) is 13.6 Å². The van der Waals surface area contributed by atoms with Crippen LogP contribution in [0.4, 0.5) is 4.39 Å². The van der Waals surface area contributed by atoms with E-state index >= 15 is 0 Å². The Kier molecular flexibility index (Phi) is 4.06. The third-order valence-corrected chi connectivity index (χ3v) is 5.94. The highest BCUT2D eigenvalue weighted by Gasteiger charge is 2.14. The molecule has 2 rings (SSSR count). The highest BCUT2D eigenvalue weighted by molar-refractivity contribution is 9.11. The normalized spacial score (nSPS) is 12.8. The smallest absolute Gasteiger partial charge is 0.123 e. The molecule has 1 unspecified atom stereocenters. The molecule has 0 bridgehead atoms. The summed E-state index contributed by atoms with van der Waals surface area (Å²) in [5, 5.41) is 0.701. The lowest BCUT2D eigenvalue weighted by molar-refractivity contribution is 0.627. The lowest BCUT2D eigenvalue weighted by Crippen LogP contribution is -1.89. The Morgan fingerprint density at radius 1 is 1.25 bits per heavy atom. The lowest BCUT2D eigenvalue weighted by Gasteiger charge is -2.07. The van der Waals surface area contributed by atoms with Gasteiger partial charge in [0.15, 0.2) is 0 Å². The molecule has 0 spiro atoms. The van der Waals surface area contributed by atoms with Gasteiger partial charge in [-0.25, -0.2) is 4.39 Å². The fourth-order valence-corrected chi connectivity index (χ4v) is 3.75. The summed E-state index contributed by atoms with van der Waals surface area (Å²) in [6.45, 7) is 0. The van der Waals surface area contributed by atoms with Gasteiger partial charge in [0.1, 0.15) is 5.82 Å². The van der Waals surface area contributed by atoms with Crippen molar-refractivity contribution in [1.29, 1.82) is 0 Å². The zero-order valence-electron chi connectivity index (χ0n) is 7.88. The van der Waals surface area contributed by atoms with Crippen LogP contribution in [0.1, 0.15) is 15.3 Å². The molecule has 0 aliphatic carbocycles. The molecule has 0 nitrogen and oxygen atoms in total. The van der Waals surface area contributed by atoms with E-state index in [2.05, 4.69) is 31.9 Å². The minimum absolute atomic E-state index is 0.0434. The zero-order valence-corrected chi connectivity index (χ0v) is 12.6. The highest BCUT2D eigenvalue weighted by Crippen LogP contribution is 2.41. The summed E-state index contributed by atoms with van der Waals surface area (Å²) in [4.78, 5) is 1.13. The Morgan fingerprint density at radius 3 is 2.38 bits per heavy atom. The number of hydrogen-bond acceptors (Lipinski definition) is 1. The topological polar surface area (TPSA) is 0 Å². The van der Waals surface area contributed by atoms with Crippen LogP contribution in [-0.2, 0) is 0 Å². The SMILES string of the molecule is Fc1ccc(C(Br)c2cc(Cl)c(Br)s2)cc1. The standard InChI is InChI=1S/C11H6Br2ClFS/c12-10(6-1-3-7(15)4-2-6)9-5-8(14)11(13)16-9/h1-5,10H. The summed E-state index contributed by atoms with van der Waals surface area (Å²) in [5.41, 5.74) is 1.01. The molecule has 2 aromatic rings. The maximum absolute atomic E-state index is 12.8. The van der Waals surface area contributed by atoms with E-state index in [0.29, 0.717) is 5.02 Å². The number of rotatable bonds is 2. The molecule has 0 N–H and O–H groups in total. The number of benzene rings is 1. The van der Waals surface area contributed by atoms with Crippen LogP contribution in [-0.4, -0.2) is 0 Å². The van der Waals surface area contributed by atoms with Gasteiger partial charge in [-0.3, -0.25) is 0 Å². The van der Waals surface area contributed by atoms with Gasteiger partial charge in [-0.05, 0) is 39.7 Å². The van der Waals surface area contributed by atoms with Crippen LogP contribution in [0.5, 0.6) is 0 Å². The molecule has 0 aliphatic heterocycles. The fraction of sp³-hybridized carbons (Fsp3) is 0.0909. The third kappa shape index (κ3) is 2.67. The first kappa shape index (κ1) is 12.6. The van der Waals surface area contributed by atoms with Gasteiger partial charge >= 0.3 is 0 Å². The number of alkyl halides is 1. The Balaban J connectivity index is 2.31. The maximum atomic E-state index is 12.8. The van der Waals surface area contributed by atoms with E-state index < -0.39 is 0 Å². The van der Waals surface area contributed by atoms with Gasteiger partial charge < -0.3 is 0 Å². The molecular weight excluding hydrogens is 378 g/mol. The first-order valence-corrected chi connectivity index (χ1v) is 7.32. The Labute approximate surface area is 119 Å². The van der Waals surface area contributed by atoms with E-state index in [-0.39, 0.29) is 10.6 Å². The molecule has 0 saturated carbocycles. The van der Waals surface area contributed by atoms with Crippen molar-refractivity contribution in [1.82, 2.24) is 0 Å². The third-order valence-electron chi connectivity index (χ3n) is 2.08. The van der Waals surface area contributed by atoms with Crippen LogP contribution in [0.25, 0.3) is 0 Å². The Hall–Kier alpha value is 0.1000. The predicted octanol–water partition coefficient (Wildman–Crippen LogP) is 5.79. The van der Waals surface area contributed by atoms with E-state index in [1.165, 1.54) is 12.1 Å². The van der Waals surface area contributed by atoms with Crippen molar-refractivity contribution >= 4 is 54.8 Å². The second-order valence-corrected chi connectivity index (χ2v) is 6.91. The minimum Gasteiger partial charge on any atom is -0.207 e. The molecule has 0 amide bonds. The molecule has 1 aromatic carbocycles. The van der Waals surface area contributed by atoms with Gasteiger partial charge in [0, 0.05) is 4.88 Å². The molecule has 1 heterocycles. The quantitative estimate of drug-likeness (QED) is 0.575. The first-order valence-electron chi connectivity index (χ1n) is 4.42. The summed E-state index contributed by atoms with van der Waals surface area (Å²) >= 11 is 14.5. The molecule has 0 radical (unpaired) electrons. The van der Waals surface area contributed by atoms with E-state index in [0.717, 1.165) is 14.2 Å². The minimum atomic E-state index is -0.228. The number of hydrogen-bond donors (Lipinski definition) is 0. The Bertz CT molecular complexity index is 476. The summed E-state index contributed by atoms with van der Waals surface area (Å²) in [6.07, 6.45) is 0. The average molecular weight is 384 g/mol. The van der Waals surface area contributed by atoms with Crippen molar-refractivity contribution < 1.29 is 4.39 Å². The van der Waals surface area contributed by atoms with Gasteiger partial charge in [-0.15, -0.1) is 11.3 Å². The summed E-state index contributed by atoms with van der Waals surface area (Å²) in [6, 6.07) is 8.33. The first-order chi connectivity index (χ1) is 7.58. The molecule has 0 aliphatic rings. The van der Waals surface area contributed by atoms with Crippen LogP contribution in [0.15, 0.2) is 34.1 Å². The predicted molar refractivity (Wildman–Crippen MR) is 74.2 cm³/mol.